The van der Waals surface area contributed by atoms with Crippen molar-refractivity contribution in [2.45, 2.75) is 41.5 Å². The van der Waals surface area contributed by atoms with Crippen LogP contribution in [0.5, 0.6) is 34.5 Å². The molecule has 87 heavy (non-hydrogen) atoms. The summed E-state index contributed by atoms with van der Waals surface area (Å²) in [6.07, 6.45) is 0. The molecular weight excluding hydrogens is 1450 g/mol. The van der Waals surface area contributed by atoms with E-state index in [1.54, 1.807) is 114 Å². The van der Waals surface area contributed by atoms with Gasteiger partial charge in [0.15, 0.2) is 0 Å². The molecule has 444 valence electrons. The zero-order chi connectivity index (χ0) is 62.9. The van der Waals surface area contributed by atoms with E-state index in [1.807, 2.05) is 18.2 Å². The molecule has 0 radical (unpaired) electrons. The molecule has 0 aliphatic rings. The molecule has 0 aliphatic carbocycles. The summed E-state index contributed by atoms with van der Waals surface area (Å²) in [5, 5.41) is 0. The Hall–Kier alpha value is -8.95. The van der Waals surface area contributed by atoms with Crippen LogP contribution in [0.15, 0.2) is 238 Å². The molecule has 7 rings (SSSR count). The van der Waals surface area contributed by atoms with Gasteiger partial charge in [0.1, 0.15) is 0 Å². The van der Waals surface area contributed by atoms with Gasteiger partial charge in [-0.3, -0.25) is 0 Å². The van der Waals surface area contributed by atoms with Crippen molar-refractivity contribution in [1.29, 1.82) is 0 Å². The molecule has 0 unspecified atom stereocenters. The van der Waals surface area contributed by atoms with E-state index in [-0.39, 0.29) is 67.9 Å². The fourth-order valence-electron chi connectivity index (χ4n) is 7.06. The van der Waals surface area contributed by atoms with Crippen LogP contribution in [0, 0.1) is 0 Å². The molecule has 0 heterocycles. The number of carbonyl (C=O) groups excluding carboxylic acids is 6. The number of allylic oxidation sites excluding steroid dienone is 6. The quantitative estimate of drug-likeness (QED) is 0.0203. The second-order valence-electron chi connectivity index (χ2n) is 18.7. The summed E-state index contributed by atoms with van der Waals surface area (Å²) in [4.78, 5) is 77.7. The molecule has 7 aromatic rings. The number of hydrogen-bond donors (Lipinski definition) is 0. The van der Waals surface area contributed by atoms with Crippen LogP contribution in [0.3, 0.4) is 0 Å². The van der Waals surface area contributed by atoms with Gasteiger partial charge in [-0.15, -0.1) is 0 Å². The first kappa shape index (κ1) is 65.6. The standard InChI is InChI=1S/6C10H10O3.C6H3.3Sb/c6*1-7(2)13-10(12)8-3-5-9(11)6-4-8;1-2-4-6-5-3-1;;;/h6*3-6,11H,1H2,2H3;1,4-5H;;;/q;;;;;;;3*+2/p-6. The first-order valence-corrected chi connectivity index (χ1v) is 36.0. The molecule has 0 N–H and O–H groups in total. The number of esters is 6. The van der Waals surface area contributed by atoms with Crippen LogP contribution in [-0.2, 0) is 28.4 Å². The maximum absolute atomic E-state index is 12.9. The molecule has 21 heteroatoms. The van der Waals surface area contributed by atoms with Crippen LogP contribution in [0.2, 0.25) is 0 Å². The summed E-state index contributed by atoms with van der Waals surface area (Å²) in [5.74, 6) is -0.762. The Labute approximate surface area is 527 Å². The molecule has 7 aromatic carbocycles. The molecule has 0 atom stereocenters. The molecular formula is C66H57O18Sb3. The molecule has 0 fully saturated rings. The van der Waals surface area contributed by atoms with E-state index in [4.69, 9.17) is 46.5 Å². The summed E-state index contributed by atoms with van der Waals surface area (Å²) in [6, 6.07) is 43.0. The first-order valence-electron chi connectivity index (χ1n) is 25.9. The van der Waals surface area contributed by atoms with Crippen LogP contribution >= 0.6 is 0 Å². The van der Waals surface area contributed by atoms with Crippen molar-refractivity contribution in [2.24, 2.45) is 0 Å². The number of rotatable bonds is 27. The summed E-state index contributed by atoms with van der Waals surface area (Å²) in [5.41, 5.74) is 1.30. The Morgan fingerprint density at radius 1 is 0.241 bits per heavy atom. The van der Waals surface area contributed by atoms with Crippen molar-refractivity contribution in [3.8, 4) is 34.5 Å². The molecule has 0 spiro atoms. The SMILES string of the molecule is C=C(C)OC(=O)c1ccc([O][Sb]([O]c2ccc(C(=O)OC(=C)C)cc2)[c]2c[c]([Sb]([O]c3ccc(C(=O)OC(=C)C)cc3)[O]c3ccc(C(=O)OC(=C)C)cc3)c[c]([Sb]([O]c3ccc(C(=O)OC(=C)C)cc3)[O]c3ccc(C(=O)OC(=C)C)cc3)c2)cc1. The monoisotopic (exact) mass is 1500 g/mol. The van der Waals surface area contributed by atoms with Gasteiger partial charge in [-0.25, -0.2) is 0 Å². The van der Waals surface area contributed by atoms with E-state index in [2.05, 4.69) is 39.5 Å². The number of carbonyl (C=O) groups is 6. The molecule has 0 aromatic heterocycles. The Morgan fingerprint density at radius 3 is 0.483 bits per heavy atom. The number of benzene rings is 7. The molecule has 0 aliphatic heterocycles. The zero-order valence-corrected chi connectivity index (χ0v) is 55.7. The Bertz CT molecular complexity index is 3140. The van der Waals surface area contributed by atoms with E-state index in [0.29, 0.717) is 45.0 Å². The Balaban J connectivity index is 1.45. The molecule has 0 saturated carbocycles. The number of hydrogen-bond acceptors (Lipinski definition) is 18. The number of ether oxygens (including phenoxy) is 6. The summed E-state index contributed by atoms with van der Waals surface area (Å²) in [6.45, 7) is 31.3. The van der Waals surface area contributed by atoms with Gasteiger partial charge < -0.3 is 0 Å². The molecule has 0 bridgehead atoms. The molecule has 0 saturated heterocycles. The van der Waals surface area contributed by atoms with Crippen molar-refractivity contribution in [3.05, 3.63) is 271 Å². The predicted molar refractivity (Wildman–Crippen MR) is 326 cm³/mol. The van der Waals surface area contributed by atoms with Crippen molar-refractivity contribution < 1.29 is 75.3 Å². The van der Waals surface area contributed by atoms with Gasteiger partial charge in [-0.2, -0.15) is 0 Å². The van der Waals surface area contributed by atoms with Gasteiger partial charge >= 0.3 is 532 Å². The molecule has 18 nitrogen and oxygen atoms in total. The van der Waals surface area contributed by atoms with Crippen molar-refractivity contribution in [3.63, 3.8) is 0 Å². The summed E-state index contributed by atoms with van der Waals surface area (Å²) in [7, 11) is 0. The van der Waals surface area contributed by atoms with E-state index < -0.39 is 99.0 Å². The zero-order valence-electron chi connectivity index (χ0n) is 48.0. The Morgan fingerprint density at radius 2 is 0.368 bits per heavy atom. The predicted octanol–water partition coefficient (Wildman–Crippen LogP) is 11.4. The van der Waals surface area contributed by atoms with Crippen LogP contribution in [0.4, 0.5) is 0 Å². The normalized spacial score (nSPS) is 10.6. The van der Waals surface area contributed by atoms with Crippen molar-refractivity contribution >= 4 is 109 Å². The summed E-state index contributed by atoms with van der Waals surface area (Å²) >= 11 is -12.3. The van der Waals surface area contributed by atoms with Gasteiger partial charge in [0, 0.05) is 0 Å². The maximum atomic E-state index is 12.9. The van der Waals surface area contributed by atoms with Crippen molar-refractivity contribution in [2.75, 3.05) is 0 Å². The minimum absolute atomic E-state index is 0.200. The first-order chi connectivity index (χ1) is 41.4. The second-order valence-corrected chi connectivity index (χ2v) is 30.7. The van der Waals surface area contributed by atoms with Gasteiger partial charge in [-0.05, 0) is 0 Å². The topological polar surface area (TPSA) is 213 Å². The third-order valence-electron chi connectivity index (χ3n) is 10.8. The van der Waals surface area contributed by atoms with E-state index in [0.717, 1.165) is 0 Å². The second kappa shape index (κ2) is 30.9. The van der Waals surface area contributed by atoms with Crippen LogP contribution in [0.1, 0.15) is 104 Å². The fraction of sp³-hybridized carbons (Fsp3) is 0.0909. The van der Waals surface area contributed by atoms with Crippen LogP contribution in [-0.4, -0.2) is 99.0 Å². The van der Waals surface area contributed by atoms with Gasteiger partial charge in [0.25, 0.3) is 0 Å². The van der Waals surface area contributed by atoms with E-state index in [9.17, 15) is 28.8 Å². The van der Waals surface area contributed by atoms with Crippen molar-refractivity contribution in [1.82, 2.24) is 0 Å². The van der Waals surface area contributed by atoms with Crippen LogP contribution in [0.25, 0.3) is 0 Å². The van der Waals surface area contributed by atoms with Crippen LogP contribution < -0.4 is 28.6 Å². The third-order valence-corrected chi connectivity index (χ3v) is 23.1. The minimum atomic E-state index is -4.09. The third kappa shape index (κ3) is 20.1. The summed E-state index contributed by atoms with van der Waals surface area (Å²) < 4.78 is 74.5. The Kier molecular flexibility index (Phi) is 23.3. The average molecular weight is 1500 g/mol. The van der Waals surface area contributed by atoms with Gasteiger partial charge in [0.05, 0.1) is 0 Å². The molecule has 0 amide bonds. The van der Waals surface area contributed by atoms with Gasteiger partial charge in [0.2, 0.25) is 0 Å². The van der Waals surface area contributed by atoms with Gasteiger partial charge in [-0.1, -0.05) is 0 Å². The average Bonchev–Trinajstić information content (AvgIpc) is 2.27. The fourth-order valence-corrected chi connectivity index (χ4v) is 21.4. The van der Waals surface area contributed by atoms with E-state index in [1.165, 1.54) is 72.8 Å². The van der Waals surface area contributed by atoms with E-state index >= 15 is 0 Å².